The van der Waals surface area contributed by atoms with Crippen LogP contribution in [0.2, 0.25) is 0 Å². The molecule has 0 unspecified atom stereocenters. The standard InChI is InChI=1S/C9H19NO6S/c1-2-8-15-17(13,14)16-9-5-10(3-6-11)4-7-12/h2,11-12H,1,3-9H2. The molecule has 0 aromatic heterocycles. The van der Waals surface area contributed by atoms with E-state index in [0.717, 1.165) is 0 Å². The Morgan fingerprint density at radius 2 is 1.71 bits per heavy atom. The van der Waals surface area contributed by atoms with E-state index in [1.807, 2.05) is 0 Å². The molecule has 0 radical (unpaired) electrons. The van der Waals surface area contributed by atoms with Gasteiger partial charge in [0.1, 0.15) is 0 Å². The lowest BCUT2D eigenvalue weighted by atomic mass is 10.4. The summed E-state index contributed by atoms with van der Waals surface area (Å²) >= 11 is 0. The number of hydrogen-bond donors (Lipinski definition) is 2. The Morgan fingerprint density at radius 1 is 1.12 bits per heavy atom. The smallest absolute Gasteiger partial charge is 0.395 e. The number of hydrogen-bond acceptors (Lipinski definition) is 7. The van der Waals surface area contributed by atoms with E-state index in [-0.39, 0.29) is 33.0 Å². The fourth-order valence-electron chi connectivity index (χ4n) is 1.05. The number of nitrogens with zero attached hydrogens (tertiary/aromatic N) is 1. The molecule has 0 heterocycles. The summed E-state index contributed by atoms with van der Waals surface area (Å²) in [5.74, 6) is 0. The fourth-order valence-corrected chi connectivity index (χ4v) is 1.66. The quantitative estimate of drug-likeness (QED) is 0.452. The van der Waals surface area contributed by atoms with Crippen LogP contribution in [0.3, 0.4) is 0 Å². The average Bonchev–Trinajstić information content (AvgIpc) is 2.27. The van der Waals surface area contributed by atoms with E-state index in [4.69, 9.17) is 10.2 Å². The maximum Gasteiger partial charge on any atom is 0.400 e. The summed E-state index contributed by atoms with van der Waals surface area (Å²) < 4.78 is 31.1. The van der Waals surface area contributed by atoms with Crippen LogP contribution in [0.25, 0.3) is 0 Å². The van der Waals surface area contributed by atoms with E-state index in [0.29, 0.717) is 13.1 Å². The summed E-state index contributed by atoms with van der Waals surface area (Å²) in [7, 11) is -3.99. The Labute approximate surface area is 102 Å². The fraction of sp³-hybridized carbons (Fsp3) is 0.778. The van der Waals surface area contributed by atoms with Crippen LogP contribution < -0.4 is 0 Å². The molecule has 0 aliphatic carbocycles. The van der Waals surface area contributed by atoms with Crippen LogP contribution in [-0.2, 0) is 18.8 Å². The molecule has 0 fully saturated rings. The van der Waals surface area contributed by atoms with E-state index in [9.17, 15) is 8.42 Å². The first-order valence-corrected chi connectivity index (χ1v) is 6.47. The van der Waals surface area contributed by atoms with Crippen molar-refractivity contribution >= 4 is 10.4 Å². The van der Waals surface area contributed by atoms with Crippen molar-refractivity contribution < 1.29 is 27.0 Å². The molecule has 102 valence electrons. The summed E-state index contributed by atoms with van der Waals surface area (Å²) in [5.41, 5.74) is 0. The molecule has 0 aromatic carbocycles. The highest BCUT2D eigenvalue weighted by Crippen LogP contribution is 1.97. The number of aliphatic hydroxyl groups excluding tert-OH is 2. The van der Waals surface area contributed by atoms with Crippen LogP contribution in [0.5, 0.6) is 0 Å². The molecule has 2 N–H and O–H groups in total. The maximum absolute atomic E-state index is 11.1. The summed E-state index contributed by atoms with van der Waals surface area (Å²) in [6.07, 6.45) is 1.30. The lowest BCUT2D eigenvalue weighted by molar-refractivity contribution is 0.136. The van der Waals surface area contributed by atoms with E-state index >= 15 is 0 Å². The van der Waals surface area contributed by atoms with Crippen molar-refractivity contribution in [3.05, 3.63) is 12.7 Å². The van der Waals surface area contributed by atoms with Crippen LogP contribution in [-0.4, -0.2) is 69.6 Å². The van der Waals surface area contributed by atoms with Gasteiger partial charge in [0, 0.05) is 19.6 Å². The molecule has 7 nitrogen and oxygen atoms in total. The predicted molar refractivity (Wildman–Crippen MR) is 61.6 cm³/mol. The minimum absolute atomic E-state index is 0.0697. The first kappa shape index (κ1) is 16.5. The highest BCUT2D eigenvalue weighted by molar-refractivity contribution is 7.81. The Balaban J connectivity index is 3.89. The zero-order valence-electron chi connectivity index (χ0n) is 9.62. The van der Waals surface area contributed by atoms with Gasteiger partial charge in [0.05, 0.1) is 26.4 Å². The van der Waals surface area contributed by atoms with Crippen molar-refractivity contribution in [1.82, 2.24) is 4.90 Å². The largest absolute Gasteiger partial charge is 0.400 e. The van der Waals surface area contributed by atoms with E-state index in [2.05, 4.69) is 14.9 Å². The van der Waals surface area contributed by atoms with Crippen molar-refractivity contribution in [2.45, 2.75) is 0 Å². The van der Waals surface area contributed by atoms with Crippen LogP contribution in [0.1, 0.15) is 0 Å². The van der Waals surface area contributed by atoms with Crippen molar-refractivity contribution in [2.75, 3.05) is 46.1 Å². The zero-order valence-corrected chi connectivity index (χ0v) is 10.4. The van der Waals surface area contributed by atoms with Gasteiger partial charge in [0.2, 0.25) is 0 Å². The molecule has 8 heteroatoms. The zero-order chi connectivity index (χ0) is 13.1. The van der Waals surface area contributed by atoms with Gasteiger partial charge >= 0.3 is 10.4 Å². The summed E-state index contributed by atoms with van der Waals surface area (Å²) in [6, 6.07) is 0. The SMILES string of the molecule is C=CCOS(=O)(=O)OCCN(CCO)CCO. The van der Waals surface area contributed by atoms with Gasteiger partial charge in [-0.25, -0.2) is 8.37 Å². The topological polar surface area (TPSA) is 96.3 Å². The highest BCUT2D eigenvalue weighted by Gasteiger charge is 2.12. The third-order valence-corrected chi connectivity index (χ3v) is 2.68. The van der Waals surface area contributed by atoms with E-state index in [1.165, 1.54) is 6.08 Å². The molecular formula is C9H19NO6S. The first-order valence-electron chi connectivity index (χ1n) is 5.14. The Morgan fingerprint density at radius 3 is 2.18 bits per heavy atom. The first-order chi connectivity index (χ1) is 8.05. The predicted octanol–water partition coefficient (Wildman–Crippen LogP) is -1.26. The minimum Gasteiger partial charge on any atom is -0.395 e. The van der Waals surface area contributed by atoms with Crippen LogP contribution in [0, 0.1) is 0 Å². The van der Waals surface area contributed by atoms with E-state index < -0.39 is 10.4 Å². The second-order valence-electron chi connectivity index (χ2n) is 3.09. The molecule has 0 saturated carbocycles. The molecule has 0 aromatic rings. The summed E-state index contributed by atoms with van der Waals surface area (Å²) in [5, 5.41) is 17.4. The number of rotatable bonds is 11. The molecule has 0 rings (SSSR count). The molecule has 0 amide bonds. The van der Waals surface area contributed by atoms with Crippen LogP contribution >= 0.6 is 0 Å². The number of aliphatic hydroxyl groups is 2. The Bertz CT molecular complexity index is 286. The second-order valence-corrected chi connectivity index (χ2v) is 4.38. The molecule has 0 aliphatic rings. The van der Waals surface area contributed by atoms with Gasteiger partial charge in [-0.3, -0.25) is 4.90 Å². The molecular weight excluding hydrogens is 250 g/mol. The van der Waals surface area contributed by atoms with Crippen molar-refractivity contribution in [3.8, 4) is 0 Å². The molecule has 0 spiro atoms. The van der Waals surface area contributed by atoms with Crippen molar-refractivity contribution in [3.63, 3.8) is 0 Å². The Hall–Kier alpha value is -0.510. The third-order valence-electron chi connectivity index (χ3n) is 1.80. The summed E-state index contributed by atoms with van der Waals surface area (Å²) in [4.78, 5) is 1.67. The maximum atomic E-state index is 11.1. The van der Waals surface area contributed by atoms with Gasteiger partial charge in [0.15, 0.2) is 0 Å². The van der Waals surface area contributed by atoms with Crippen molar-refractivity contribution in [1.29, 1.82) is 0 Å². The normalized spacial score (nSPS) is 11.9. The lowest BCUT2D eigenvalue weighted by Gasteiger charge is -2.19. The van der Waals surface area contributed by atoms with Gasteiger partial charge in [0.25, 0.3) is 0 Å². The molecule has 17 heavy (non-hydrogen) atoms. The molecule has 0 bridgehead atoms. The minimum atomic E-state index is -3.99. The Kier molecular flexibility index (Phi) is 9.23. The van der Waals surface area contributed by atoms with Crippen LogP contribution in [0.4, 0.5) is 0 Å². The lowest BCUT2D eigenvalue weighted by Crippen LogP contribution is -2.33. The van der Waals surface area contributed by atoms with Gasteiger partial charge in [-0.1, -0.05) is 6.08 Å². The van der Waals surface area contributed by atoms with Gasteiger partial charge in [-0.15, -0.1) is 6.58 Å². The van der Waals surface area contributed by atoms with Gasteiger partial charge in [-0.05, 0) is 0 Å². The third kappa shape index (κ3) is 9.22. The molecule has 0 saturated heterocycles. The second kappa shape index (κ2) is 9.51. The monoisotopic (exact) mass is 269 g/mol. The van der Waals surface area contributed by atoms with E-state index in [1.54, 1.807) is 4.90 Å². The molecule has 0 atom stereocenters. The highest BCUT2D eigenvalue weighted by atomic mass is 32.3. The van der Waals surface area contributed by atoms with Gasteiger partial charge in [-0.2, -0.15) is 8.42 Å². The van der Waals surface area contributed by atoms with Crippen molar-refractivity contribution in [2.24, 2.45) is 0 Å². The molecule has 0 aliphatic heterocycles. The van der Waals surface area contributed by atoms with Crippen LogP contribution in [0.15, 0.2) is 12.7 Å². The average molecular weight is 269 g/mol. The summed E-state index contributed by atoms with van der Waals surface area (Å²) in [6.45, 7) is 3.90. The van der Waals surface area contributed by atoms with Gasteiger partial charge < -0.3 is 10.2 Å².